The number of benzene rings is 1. The van der Waals surface area contributed by atoms with Crippen LogP contribution in [-0.4, -0.2) is 24.5 Å². The van der Waals surface area contributed by atoms with E-state index in [0.717, 1.165) is 32.2 Å². The third-order valence-corrected chi connectivity index (χ3v) is 3.97. The lowest BCUT2D eigenvalue weighted by molar-refractivity contribution is -0.123. The Morgan fingerprint density at radius 2 is 2.10 bits per heavy atom. The molecule has 0 aromatic heterocycles. The molecule has 0 radical (unpaired) electrons. The van der Waals surface area contributed by atoms with Crippen molar-refractivity contribution in [1.29, 1.82) is 0 Å². The molecule has 2 unspecified atom stereocenters. The summed E-state index contributed by atoms with van der Waals surface area (Å²) in [6, 6.07) is 10.7. The van der Waals surface area contributed by atoms with Crippen molar-refractivity contribution in [3.05, 3.63) is 35.9 Å². The van der Waals surface area contributed by atoms with Gasteiger partial charge < -0.3 is 10.6 Å². The summed E-state index contributed by atoms with van der Waals surface area (Å²) in [7, 11) is 0. The molecule has 0 bridgehead atoms. The molecule has 1 fully saturated rings. The van der Waals surface area contributed by atoms with Crippen molar-refractivity contribution in [2.45, 2.75) is 57.5 Å². The summed E-state index contributed by atoms with van der Waals surface area (Å²) in [4.78, 5) is 12.2. The summed E-state index contributed by atoms with van der Waals surface area (Å²) < 4.78 is 0. The second kappa shape index (κ2) is 8.05. The molecule has 1 amide bonds. The fourth-order valence-corrected chi connectivity index (χ4v) is 2.70. The predicted molar refractivity (Wildman–Crippen MR) is 82.6 cm³/mol. The minimum atomic E-state index is 0.0108. The van der Waals surface area contributed by atoms with Crippen molar-refractivity contribution >= 4 is 5.91 Å². The van der Waals surface area contributed by atoms with Crippen molar-refractivity contribution < 1.29 is 4.79 Å². The van der Waals surface area contributed by atoms with Gasteiger partial charge in [0.2, 0.25) is 5.91 Å². The Kier molecular flexibility index (Phi) is 6.06. The average Bonchev–Trinajstić information content (AvgIpc) is 2.75. The topological polar surface area (TPSA) is 41.1 Å². The van der Waals surface area contributed by atoms with Gasteiger partial charge in [-0.15, -0.1) is 0 Å². The van der Waals surface area contributed by atoms with E-state index in [2.05, 4.69) is 41.8 Å². The molecule has 1 aromatic rings. The van der Waals surface area contributed by atoms with Crippen LogP contribution in [0.2, 0.25) is 0 Å². The van der Waals surface area contributed by atoms with E-state index in [1.807, 2.05) is 6.07 Å². The van der Waals surface area contributed by atoms with Crippen LogP contribution in [0.3, 0.4) is 0 Å². The lowest BCUT2D eigenvalue weighted by Gasteiger charge is -2.19. The van der Waals surface area contributed by atoms with Gasteiger partial charge in [0.05, 0.1) is 6.04 Å². The zero-order valence-corrected chi connectivity index (χ0v) is 12.4. The minimum Gasteiger partial charge on any atom is -0.352 e. The van der Waals surface area contributed by atoms with E-state index in [4.69, 9.17) is 0 Å². The smallest absolute Gasteiger partial charge is 0.237 e. The highest BCUT2D eigenvalue weighted by Gasteiger charge is 2.20. The second-order valence-corrected chi connectivity index (χ2v) is 5.79. The predicted octanol–water partition coefficient (Wildman–Crippen LogP) is 2.66. The number of carbonyl (C=O) groups is 1. The number of nitrogens with one attached hydrogen (secondary N) is 2. The van der Waals surface area contributed by atoms with Crippen LogP contribution in [0.1, 0.15) is 44.6 Å². The molecule has 0 aliphatic carbocycles. The van der Waals surface area contributed by atoms with E-state index in [0.29, 0.717) is 0 Å². The lowest BCUT2D eigenvalue weighted by atomic mass is 10.1. The van der Waals surface area contributed by atoms with Crippen LogP contribution in [-0.2, 0) is 11.2 Å². The van der Waals surface area contributed by atoms with Crippen LogP contribution in [0.5, 0.6) is 0 Å². The standard InChI is InChI=1S/C17H26N2O/c1-14(11-12-15-8-4-2-5-9-15)19-17(20)16-10-6-3-7-13-18-16/h2,4-5,8-9,14,16,18H,3,6-7,10-13H2,1H3,(H,19,20). The van der Waals surface area contributed by atoms with Crippen LogP contribution < -0.4 is 10.6 Å². The zero-order valence-electron chi connectivity index (χ0n) is 12.4. The summed E-state index contributed by atoms with van der Waals surface area (Å²) in [5.74, 6) is 0.174. The SMILES string of the molecule is CC(CCc1ccccc1)NC(=O)C1CCCCCN1. The van der Waals surface area contributed by atoms with Crippen molar-refractivity contribution in [3.8, 4) is 0 Å². The Hall–Kier alpha value is -1.35. The summed E-state index contributed by atoms with van der Waals surface area (Å²) in [5, 5.41) is 6.49. The fraction of sp³-hybridized carbons (Fsp3) is 0.588. The number of aryl methyl sites for hydroxylation is 1. The summed E-state index contributed by atoms with van der Waals surface area (Å²) in [5.41, 5.74) is 1.33. The molecule has 2 rings (SSSR count). The maximum absolute atomic E-state index is 12.2. The number of amides is 1. The first-order valence-electron chi connectivity index (χ1n) is 7.83. The quantitative estimate of drug-likeness (QED) is 0.866. The van der Waals surface area contributed by atoms with Gasteiger partial charge in [0.15, 0.2) is 0 Å². The van der Waals surface area contributed by atoms with Gasteiger partial charge in [0, 0.05) is 6.04 Å². The minimum absolute atomic E-state index is 0.0108. The molecular formula is C17H26N2O. The normalized spacial score (nSPS) is 20.9. The van der Waals surface area contributed by atoms with E-state index < -0.39 is 0 Å². The van der Waals surface area contributed by atoms with Crippen molar-refractivity contribution in [1.82, 2.24) is 10.6 Å². The Morgan fingerprint density at radius 1 is 1.30 bits per heavy atom. The van der Waals surface area contributed by atoms with Gasteiger partial charge >= 0.3 is 0 Å². The van der Waals surface area contributed by atoms with Crippen LogP contribution in [0, 0.1) is 0 Å². The Labute approximate surface area is 122 Å². The van der Waals surface area contributed by atoms with Crippen molar-refractivity contribution in [3.63, 3.8) is 0 Å². The summed E-state index contributed by atoms with van der Waals surface area (Å²) in [6.07, 6.45) is 6.55. The number of hydrogen-bond donors (Lipinski definition) is 2. The molecule has 1 heterocycles. The Morgan fingerprint density at radius 3 is 2.90 bits per heavy atom. The molecule has 3 nitrogen and oxygen atoms in total. The second-order valence-electron chi connectivity index (χ2n) is 5.79. The Bertz CT molecular complexity index is 397. The molecule has 110 valence electrons. The first-order valence-corrected chi connectivity index (χ1v) is 7.83. The summed E-state index contributed by atoms with van der Waals surface area (Å²) in [6.45, 7) is 3.06. The van der Waals surface area contributed by atoms with Crippen LogP contribution in [0.15, 0.2) is 30.3 Å². The van der Waals surface area contributed by atoms with Crippen LogP contribution in [0.25, 0.3) is 0 Å². The highest BCUT2D eigenvalue weighted by molar-refractivity contribution is 5.82. The molecule has 20 heavy (non-hydrogen) atoms. The van der Waals surface area contributed by atoms with E-state index in [1.165, 1.54) is 18.4 Å². The fourth-order valence-electron chi connectivity index (χ4n) is 2.70. The number of rotatable bonds is 5. The summed E-state index contributed by atoms with van der Waals surface area (Å²) >= 11 is 0. The van der Waals surface area contributed by atoms with Gasteiger partial charge in [0.1, 0.15) is 0 Å². The van der Waals surface area contributed by atoms with Gasteiger partial charge in [-0.05, 0) is 44.7 Å². The largest absolute Gasteiger partial charge is 0.352 e. The average molecular weight is 274 g/mol. The molecule has 2 N–H and O–H groups in total. The third kappa shape index (κ3) is 4.97. The van der Waals surface area contributed by atoms with E-state index in [1.54, 1.807) is 0 Å². The molecule has 1 aliphatic heterocycles. The van der Waals surface area contributed by atoms with Crippen molar-refractivity contribution in [2.24, 2.45) is 0 Å². The van der Waals surface area contributed by atoms with Crippen LogP contribution >= 0.6 is 0 Å². The number of carbonyl (C=O) groups excluding carboxylic acids is 1. The molecule has 0 spiro atoms. The first-order chi connectivity index (χ1) is 9.75. The Balaban J connectivity index is 1.73. The molecule has 2 atom stereocenters. The molecule has 1 aliphatic rings. The first kappa shape index (κ1) is 15.0. The number of hydrogen-bond acceptors (Lipinski definition) is 2. The molecule has 0 saturated carbocycles. The highest BCUT2D eigenvalue weighted by atomic mass is 16.2. The third-order valence-electron chi connectivity index (χ3n) is 3.97. The molecular weight excluding hydrogens is 248 g/mol. The van der Waals surface area contributed by atoms with E-state index in [-0.39, 0.29) is 18.0 Å². The maximum Gasteiger partial charge on any atom is 0.237 e. The van der Waals surface area contributed by atoms with E-state index in [9.17, 15) is 4.79 Å². The molecule has 3 heteroatoms. The van der Waals surface area contributed by atoms with Gasteiger partial charge in [0.25, 0.3) is 0 Å². The lowest BCUT2D eigenvalue weighted by Crippen LogP contribution is -2.46. The maximum atomic E-state index is 12.2. The van der Waals surface area contributed by atoms with Gasteiger partial charge in [-0.1, -0.05) is 43.2 Å². The highest BCUT2D eigenvalue weighted by Crippen LogP contribution is 2.09. The van der Waals surface area contributed by atoms with E-state index >= 15 is 0 Å². The van der Waals surface area contributed by atoms with Crippen molar-refractivity contribution in [2.75, 3.05) is 6.54 Å². The zero-order chi connectivity index (χ0) is 14.2. The van der Waals surface area contributed by atoms with Gasteiger partial charge in [-0.2, -0.15) is 0 Å². The monoisotopic (exact) mass is 274 g/mol. The molecule has 1 aromatic carbocycles. The molecule has 1 saturated heterocycles. The van der Waals surface area contributed by atoms with Gasteiger partial charge in [-0.3, -0.25) is 4.79 Å². The van der Waals surface area contributed by atoms with Crippen LogP contribution in [0.4, 0.5) is 0 Å². The van der Waals surface area contributed by atoms with Gasteiger partial charge in [-0.25, -0.2) is 0 Å².